The first-order chi connectivity index (χ1) is 10.8. The molecule has 2 aromatic carbocycles. The minimum Gasteiger partial charge on any atom is -0.289 e. The van der Waals surface area contributed by atoms with Gasteiger partial charge in [0, 0.05) is 29.3 Å². The molecule has 0 heterocycles. The van der Waals surface area contributed by atoms with E-state index in [0.29, 0.717) is 0 Å². The van der Waals surface area contributed by atoms with Gasteiger partial charge in [-0.05, 0) is 17.7 Å². The highest BCUT2D eigenvalue weighted by Crippen LogP contribution is 2.28. The molecule has 0 aromatic heterocycles. The standard InChI is InChI=1S/C16H10F3NO3/c17-16(18,19)10-14(15(21)12-4-2-1-3-5-12)11-6-8-13(9-7-11)20(22)23/h1-10H. The van der Waals surface area contributed by atoms with Crippen LogP contribution in [0.25, 0.3) is 5.57 Å². The number of Topliss-reactive ketones (excluding diaryl/α,β-unsaturated/α-hetero) is 1. The maximum atomic E-state index is 12.7. The summed E-state index contributed by atoms with van der Waals surface area (Å²) in [5, 5.41) is 10.6. The van der Waals surface area contributed by atoms with Crippen LogP contribution in [0.5, 0.6) is 0 Å². The van der Waals surface area contributed by atoms with Crippen LogP contribution in [-0.4, -0.2) is 16.9 Å². The number of hydrogen-bond donors (Lipinski definition) is 0. The van der Waals surface area contributed by atoms with Gasteiger partial charge in [0.1, 0.15) is 0 Å². The molecule has 2 rings (SSSR count). The normalized spacial score (nSPS) is 12.0. The number of halogens is 3. The van der Waals surface area contributed by atoms with Crippen LogP contribution in [0.1, 0.15) is 15.9 Å². The first-order valence-corrected chi connectivity index (χ1v) is 6.42. The molecule has 4 nitrogen and oxygen atoms in total. The molecule has 0 amide bonds. The number of carbonyl (C=O) groups is 1. The zero-order valence-corrected chi connectivity index (χ0v) is 11.6. The van der Waals surface area contributed by atoms with Gasteiger partial charge in [-0.2, -0.15) is 13.2 Å². The molecule has 2 aromatic rings. The van der Waals surface area contributed by atoms with Gasteiger partial charge in [-0.1, -0.05) is 30.3 Å². The van der Waals surface area contributed by atoms with Crippen LogP contribution in [-0.2, 0) is 0 Å². The highest BCUT2D eigenvalue weighted by atomic mass is 19.4. The molecule has 23 heavy (non-hydrogen) atoms. The van der Waals surface area contributed by atoms with Gasteiger partial charge in [-0.15, -0.1) is 0 Å². The van der Waals surface area contributed by atoms with Gasteiger partial charge < -0.3 is 0 Å². The monoisotopic (exact) mass is 321 g/mol. The zero-order valence-electron chi connectivity index (χ0n) is 11.6. The number of nitrogens with zero attached hydrogens (tertiary/aromatic N) is 1. The minimum atomic E-state index is -4.69. The number of ketones is 1. The molecule has 0 atom stereocenters. The molecule has 0 aliphatic rings. The average Bonchev–Trinajstić information content (AvgIpc) is 2.52. The van der Waals surface area contributed by atoms with Crippen molar-refractivity contribution in [1.29, 1.82) is 0 Å². The van der Waals surface area contributed by atoms with Gasteiger partial charge in [0.2, 0.25) is 0 Å². The van der Waals surface area contributed by atoms with Gasteiger partial charge in [0.05, 0.1) is 4.92 Å². The number of non-ortho nitro benzene ring substituents is 1. The van der Waals surface area contributed by atoms with Crippen LogP contribution in [0.4, 0.5) is 18.9 Å². The van der Waals surface area contributed by atoms with E-state index in [9.17, 15) is 28.1 Å². The van der Waals surface area contributed by atoms with Crippen LogP contribution in [0.2, 0.25) is 0 Å². The Balaban J connectivity index is 2.49. The third-order valence-corrected chi connectivity index (χ3v) is 2.98. The number of carbonyl (C=O) groups excluding carboxylic acids is 1. The van der Waals surface area contributed by atoms with E-state index in [4.69, 9.17) is 0 Å². The van der Waals surface area contributed by atoms with Gasteiger partial charge >= 0.3 is 6.18 Å². The first kappa shape index (κ1) is 16.4. The number of benzene rings is 2. The van der Waals surface area contributed by atoms with Gasteiger partial charge in [0.15, 0.2) is 5.78 Å². The van der Waals surface area contributed by atoms with E-state index in [1.54, 1.807) is 6.07 Å². The Hall–Kier alpha value is -2.96. The van der Waals surface area contributed by atoms with Crippen molar-refractivity contribution < 1.29 is 22.9 Å². The second-order valence-electron chi connectivity index (χ2n) is 4.60. The lowest BCUT2D eigenvalue weighted by molar-refractivity contribution is -0.384. The summed E-state index contributed by atoms with van der Waals surface area (Å²) in [5.74, 6) is -0.809. The van der Waals surface area contributed by atoms with E-state index in [2.05, 4.69) is 0 Å². The molecule has 0 fully saturated rings. The van der Waals surface area contributed by atoms with E-state index in [1.807, 2.05) is 0 Å². The van der Waals surface area contributed by atoms with Crippen molar-refractivity contribution in [2.45, 2.75) is 6.18 Å². The molecule has 0 bridgehead atoms. The maximum Gasteiger partial charge on any atom is 0.410 e. The number of rotatable bonds is 4. The molecule has 0 saturated carbocycles. The minimum absolute atomic E-state index is 0.0400. The van der Waals surface area contributed by atoms with Crippen LogP contribution in [0, 0.1) is 10.1 Å². The molecule has 0 unspecified atom stereocenters. The largest absolute Gasteiger partial charge is 0.410 e. The van der Waals surface area contributed by atoms with Crippen molar-refractivity contribution in [3.63, 3.8) is 0 Å². The summed E-state index contributed by atoms with van der Waals surface area (Å²) in [5.41, 5.74) is -0.783. The molecular weight excluding hydrogens is 311 g/mol. The van der Waals surface area contributed by atoms with Crippen LogP contribution >= 0.6 is 0 Å². The quantitative estimate of drug-likeness (QED) is 0.362. The van der Waals surface area contributed by atoms with Crippen molar-refractivity contribution in [2.24, 2.45) is 0 Å². The predicted molar refractivity (Wildman–Crippen MR) is 77.9 cm³/mol. The third kappa shape index (κ3) is 4.26. The summed E-state index contributed by atoms with van der Waals surface area (Å²) in [6, 6.07) is 11.9. The molecule has 0 spiro atoms. The highest BCUT2D eigenvalue weighted by Gasteiger charge is 2.28. The molecule has 0 aliphatic heterocycles. The molecule has 118 valence electrons. The number of allylic oxidation sites excluding steroid dienone is 2. The van der Waals surface area contributed by atoms with E-state index >= 15 is 0 Å². The molecular formula is C16H10F3NO3. The Morgan fingerprint density at radius 1 is 0.957 bits per heavy atom. The summed E-state index contributed by atoms with van der Waals surface area (Å²) < 4.78 is 38.2. The predicted octanol–water partition coefficient (Wildman–Crippen LogP) is 4.42. The lowest BCUT2D eigenvalue weighted by atomic mass is 9.96. The summed E-state index contributed by atoms with van der Waals surface area (Å²) in [6.45, 7) is 0. The fraction of sp³-hybridized carbons (Fsp3) is 0.0625. The zero-order chi connectivity index (χ0) is 17.0. The Morgan fingerprint density at radius 3 is 2.00 bits per heavy atom. The number of hydrogen-bond acceptors (Lipinski definition) is 3. The second-order valence-corrected chi connectivity index (χ2v) is 4.60. The molecule has 0 saturated heterocycles. The van der Waals surface area contributed by atoms with Crippen molar-refractivity contribution >= 4 is 17.0 Å². The van der Waals surface area contributed by atoms with Gasteiger partial charge in [-0.3, -0.25) is 14.9 Å². The first-order valence-electron chi connectivity index (χ1n) is 6.42. The van der Waals surface area contributed by atoms with Crippen LogP contribution in [0.3, 0.4) is 0 Å². The van der Waals surface area contributed by atoms with E-state index in [0.717, 1.165) is 24.3 Å². The van der Waals surface area contributed by atoms with Crippen molar-refractivity contribution in [1.82, 2.24) is 0 Å². The number of alkyl halides is 3. The van der Waals surface area contributed by atoms with Crippen molar-refractivity contribution in [3.8, 4) is 0 Å². The summed E-state index contributed by atoms with van der Waals surface area (Å²) in [4.78, 5) is 22.3. The fourth-order valence-electron chi connectivity index (χ4n) is 1.95. The van der Waals surface area contributed by atoms with E-state index in [-0.39, 0.29) is 22.9 Å². The third-order valence-electron chi connectivity index (χ3n) is 2.98. The molecule has 0 aliphatic carbocycles. The van der Waals surface area contributed by atoms with Crippen LogP contribution < -0.4 is 0 Å². The lowest BCUT2D eigenvalue weighted by Gasteiger charge is -2.09. The van der Waals surface area contributed by atoms with E-state index in [1.165, 1.54) is 24.3 Å². The Kier molecular flexibility index (Phi) is 4.59. The SMILES string of the molecule is O=C(C(=CC(F)(F)F)c1ccc([N+](=O)[O-])cc1)c1ccccc1. The second kappa shape index (κ2) is 6.43. The van der Waals surface area contributed by atoms with Gasteiger partial charge in [-0.25, -0.2) is 0 Å². The average molecular weight is 321 g/mol. The summed E-state index contributed by atoms with van der Waals surface area (Å²) >= 11 is 0. The van der Waals surface area contributed by atoms with Crippen molar-refractivity contribution in [3.05, 3.63) is 81.9 Å². The topological polar surface area (TPSA) is 60.2 Å². The summed E-state index contributed by atoms with van der Waals surface area (Å²) in [6.07, 6.45) is -4.79. The smallest absolute Gasteiger partial charge is 0.289 e. The van der Waals surface area contributed by atoms with Crippen molar-refractivity contribution in [2.75, 3.05) is 0 Å². The summed E-state index contributed by atoms with van der Waals surface area (Å²) in [7, 11) is 0. The molecule has 0 N–H and O–H groups in total. The Bertz CT molecular complexity index is 750. The molecule has 0 radical (unpaired) electrons. The number of nitro groups is 1. The molecule has 7 heteroatoms. The lowest BCUT2D eigenvalue weighted by Crippen LogP contribution is -2.09. The number of nitro benzene ring substituents is 1. The Labute approximate surface area is 129 Å². The van der Waals surface area contributed by atoms with E-state index < -0.39 is 22.5 Å². The highest BCUT2D eigenvalue weighted by molar-refractivity contribution is 6.29. The maximum absolute atomic E-state index is 12.7. The van der Waals surface area contributed by atoms with Gasteiger partial charge in [0.25, 0.3) is 5.69 Å². The Morgan fingerprint density at radius 2 is 1.52 bits per heavy atom. The van der Waals surface area contributed by atoms with Crippen LogP contribution in [0.15, 0.2) is 60.7 Å². The fourth-order valence-corrected chi connectivity index (χ4v) is 1.95.